The van der Waals surface area contributed by atoms with Crippen LogP contribution in [0.3, 0.4) is 0 Å². The number of Topliss-reactive ketones (excluding diaryl/α,β-unsaturated/α-hetero) is 1. The van der Waals surface area contributed by atoms with E-state index in [-0.39, 0.29) is 11.7 Å². The van der Waals surface area contributed by atoms with E-state index in [0.29, 0.717) is 12.5 Å². The van der Waals surface area contributed by atoms with E-state index in [1.165, 1.54) is 6.33 Å². The molecule has 4 nitrogen and oxygen atoms in total. The highest BCUT2D eigenvalue weighted by molar-refractivity contribution is 5.82. The van der Waals surface area contributed by atoms with Gasteiger partial charge in [-0.3, -0.25) is 4.79 Å². The number of carbonyl (C=O) groups excluding carboxylic acids is 1. The Morgan fingerprint density at radius 1 is 1.47 bits per heavy atom. The molecule has 1 unspecified atom stereocenters. The second-order valence-electron chi connectivity index (χ2n) is 3.29. The molecule has 0 saturated heterocycles. The highest BCUT2D eigenvalue weighted by atomic mass is 16.5. The molecule has 4 heteroatoms. The largest absolute Gasteiger partial charge is 0.478 e. The summed E-state index contributed by atoms with van der Waals surface area (Å²) < 4.78 is 5.26. The molecule has 0 amide bonds. The number of hydrogen-bond donors (Lipinski definition) is 0. The summed E-state index contributed by atoms with van der Waals surface area (Å²) in [4.78, 5) is 19.4. The Kier molecular flexibility index (Phi) is 4.21. The van der Waals surface area contributed by atoms with Crippen LogP contribution < -0.4 is 4.74 Å². The minimum absolute atomic E-state index is 0.124. The van der Waals surface area contributed by atoms with Gasteiger partial charge in [-0.1, -0.05) is 6.92 Å². The average molecular weight is 208 g/mol. The number of hydrogen-bond acceptors (Lipinski definition) is 4. The Balaban J connectivity index is 2.92. The minimum Gasteiger partial charge on any atom is -0.478 e. The van der Waals surface area contributed by atoms with E-state index in [0.717, 1.165) is 12.1 Å². The second kappa shape index (κ2) is 5.44. The molecule has 0 aliphatic heterocycles. The molecule has 0 spiro atoms. The van der Waals surface area contributed by atoms with Gasteiger partial charge in [-0.25, -0.2) is 9.97 Å². The molecule has 0 saturated carbocycles. The summed E-state index contributed by atoms with van der Waals surface area (Å²) in [6.07, 6.45) is 2.18. The first kappa shape index (κ1) is 11.6. The fourth-order valence-corrected chi connectivity index (χ4v) is 1.48. The summed E-state index contributed by atoms with van der Waals surface area (Å²) in [6, 6.07) is 1.74. The zero-order chi connectivity index (χ0) is 11.3. The topological polar surface area (TPSA) is 52.1 Å². The number of nitrogens with zero attached hydrogens (tertiary/aromatic N) is 2. The number of aromatic nitrogens is 2. The van der Waals surface area contributed by atoms with Crippen LogP contribution in [-0.2, 0) is 4.79 Å². The van der Waals surface area contributed by atoms with Gasteiger partial charge in [-0.05, 0) is 20.3 Å². The van der Waals surface area contributed by atoms with Gasteiger partial charge < -0.3 is 4.74 Å². The summed E-state index contributed by atoms with van der Waals surface area (Å²) in [5, 5.41) is 0. The van der Waals surface area contributed by atoms with Crippen molar-refractivity contribution >= 4 is 5.78 Å². The van der Waals surface area contributed by atoms with E-state index < -0.39 is 0 Å². The van der Waals surface area contributed by atoms with Crippen LogP contribution >= 0.6 is 0 Å². The molecule has 0 aliphatic carbocycles. The Bertz CT molecular complexity index is 339. The molecule has 0 bridgehead atoms. The van der Waals surface area contributed by atoms with Crippen molar-refractivity contribution in [1.82, 2.24) is 9.97 Å². The summed E-state index contributed by atoms with van der Waals surface area (Å²) in [7, 11) is 0. The molecule has 0 fully saturated rings. The number of rotatable bonds is 5. The van der Waals surface area contributed by atoms with Gasteiger partial charge in [0.05, 0.1) is 18.2 Å². The summed E-state index contributed by atoms with van der Waals surface area (Å²) >= 11 is 0. The zero-order valence-corrected chi connectivity index (χ0v) is 9.36. The Hall–Kier alpha value is -1.45. The molecule has 82 valence electrons. The van der Waals surface area contributed by atoms with Crippen LogP contribution in [0.2, 0.25) is 0 Å². The molecular weight excluding hydrogens is 192 g/mol. The number of carbonyl (C=O) groups is 1. The van der Waals surface area contributed by atoms with Gasteiger partial charge in [0.1, 0.15) is 12.1 Å². The maximum Gasteiger partial charge on any atom is 0.216 e. The van der Waals surface area contributed by atoms with Gasteiger partial charge in [0, 0.05) is 6.07 Å². The maximum atomic E-state index is 11.3. The fraction of sp³-hybridized carbons (Fsp3) is 0.545. The van der Waals surface area contributed by atoms with Crippen molar-refractivity contribution in [3.05, 3.63) is 18.1 Å². The predicted molar refractivity (Wildman–Crippen MR) is 56.9 cm³/mol. The third-order valence-corrected chi connectivity index (χ3v) is 2.21. The number of ketones is 1. The van der Waals surface area contributed by atoms with Crippen LogP contribution in [0.25, 0.3) is 0 Å². The van der Waals surface area contributed by atoms with Crippen molar-refractivity contribution < 1.29 is 9.53 Å². The molecule has 1 atom stereocenters. The molecule has 0 aromatic carbocycles. The minimum atomic E-state index is -0.146. The average Bonchev–Trinajstić information content (AvgIpc) is 2.19. The lowest BCUT2D eigenvalue weighted by Gasteiger charge is -2.11. The Morgan fingerprint density at radius 2 is 2.20 bits per heavy atom. The van der Waals surface area contributed by atoms with Crippen LogP contribution in [0.1, 0.15) is 38.8 Å². The smallest absolute Gasteiger partial charge is 0.216 e. The highest BCUT2D eigenvalue weighted by Gasteiger charge is 2.16. The first-order valence-electron chi connectivity index (χ1n) is 5.14. The first-order chi connectivity index (χ1) is 7.19. The molecule has 1 aromatic heterocycles. The van der Waals surface area contributed by atoms with Crippen molar-refractivity contribution in [2.24, 2.45) is 0 Å². The van der Waals surface area contributed by atoms with Gasteiger partial charge in [0.2, 0.25) is 5.88 Å². The van der Waals surface area contributed by atoms with Gasteiger partial charge in [0.25, 0.3) is 0 Å². The lowest BCUT2D eigenvalue weighted by atomic mass is 9.98. The predicted octanol–water partition coefficient (Wildman–Crippen LogP) is 1.96. The molecule has 1 rings (SSSR count). The van der Waals surface area contributed by atoms with Gasteiger partial charge in [0.15, 0.2) is 0 Å². The van der Waals surface area contributed by atoms with Crippen molar-refractivity contribution in [1.29, 1.82) is 0 Å². The highest BCUT2D eigenvalue weighted by Crippen LogP contribution is 2.20. The molecule has 0 N–H and O–H groups in total. The zero-order valence-electron chi connectivity index (χ0n) is 9.36. The number of ether oxygens (including phenoxy) is 1. The van der Waals surface area contributed by atoms with Crippen molar-refractivity contribution in [3.63, 3.8) is 0 Å². The normalized spacial score (nSPS) is 12.2. The van der Waals surface area contributed by atoms with Gasteiger partial charge in [-0.15, -0.1) is 0 Å². The van der Waals surface area contributed by atoms with E-state index in [1.807, 2.05) is 13.8 Å². The first-order valence-corrected chi connectivity index (χ1v) is 5.14. The molecule has 0 radical (unpaired) electrons. The lowest BCUT2D eigenvalue weighted by molar-refractivity contribution is -0.118. The third kappa shape index (κ3) is 3.01. The van der Waals surface area contributed by atoms with E-state index in [2.05, 4.69) is 9.97 Å². The quantitative estimate of drug-likeness (QED) is 0.742. The molecule has 1 aromatic rings. The Morgan fingerprint density at radius 3 is 2.73 bits per heavy atom. The summed E-state index contributed by atoms with van der Waals surface area (Å²) in [5.74, 6) is 0.507. The summed E-state index contributed by atoms with van der Waals surface area (Å²) in [5.41, 5.74) is 0.739. The maximum absolute atomic E-state index is 11.3. The molecule has 1 heterocycles. The van der Waals surface area contributed by atoms with Crippen molar-refractivity contribution in [3.8, 4) is 5.88 Å². The standard InChI is InChI=1S/C11H16N2O2/c1-4-9(8(3)14)10-6-11(15-5-2)13-7-12-10/h6-7,9H,4-5H2,1-3H3. The monoisotopic (exact) mass is 208 g/mol. The molecule has 0 aliphatic rings. The second-order valence-corrected chi connectivity index (χ2v) is 3.29. The van der Waals surface area contributed by atoms with E-state index in [9.17, 15) is 4.79 Å². The van der Waals surface area contributed by atoms with E-state index >= 15 is 0 Å². The fourth-order valence-electron chi connectivity index (χ4n) is 1.48. The van der Waals surface area contributed by atoms with Crippen molar-refractivity contribution in [2.75, 3.05) is 6.61 Å². The van der Waals surface area contributed by atoms with Gasteiger partial charge >= 0.3 is 0 Å². The third-order valence-electron chi connectivity index (χ3n) is 2.21. The van der Waals surface area contributed by atoms with E-state index in [4.69, 9.17) is 4.74 Å². The van der Waals surface area contributed by atoms with Crippen LogP contribution in [0.4, 0.5) is 0 Å². The SMILES string of the molecule is CCOc1cc(C(CC)C(C)=O)ncn1. The van der Waals surface area contributed by atoms with Crippen LogP contribution in [0, 0.1) is 0 Å². The van der Waals surface area contributed by atoms with Crippen LogP contribution in [-0.4, -0.2) is 22.4 Å². The molecular formula is C11H16N2O2. The molecule has 15 heavy (non-hydrogen) atoms. The lowest BCUT2D eigenvalue weighted by Crippen LogP contribution is -2.10. The Labute approximate surface area is 89.7 Å². The van der Waals surface area contributed by atoms with Gasteiger partial charge in [-0.2, -0.15) is 0 Å². The van der Waals surface area contributed by atoms with E-state index in [1.54, 1.807) is 13.0 Å². The van der Waals surface area contributed by atoms with Crippen LogP contribution in [0.15, 0.2) is 12.4 Å². The summed E-state index contributed by atoms with van der Waals surface area (Å²) in [6.45, 7) is 6.00. The van der Waals surface area contributed by atoms with Crippen LogP contribution in [0.5, 0.6) is 5.88 Å². The van der Waals surface area contributed by atoms with Crippen molar-refractivity contribution in [2.45, 2.75) is 33.1 Å².